The maximum atomic E-state index is 12.0. The van der Waals surface area contributed by atoms with E-state index in [0.717, 1.165) is 12.0 Å². The van der Waals surface area contributed by atoms with E-state index in [1.54, 1.807) is 31.2 Å². The summed E-state index contributed by atoms with van der Waals surface area (Å²) in [4.78, 5) is 34.1. The molecule has 1 aliphatic rings. The van der Waals surface area contributed by atoms with Crippen LogP contribution in [0.4, 0.5) is 11.4 Å². The first-order valence-electron chi connectivity index (χ1n) is 9.22. The molecule has 0 radical (unpaired) electrons. The summed E-state index contributed by atoms with van der Waals surface area (Å²) < 4.78 is 16.1. The fourth-order valence-electron chi connectivity index (χ4n) is 2.72. The molecule has 9 nitrogen and oxygen atoms in total. The van der Waals surface area contributed by atoms with Crippen LogP contribution < -0.4 is 14.8 Å². The van der Waals surface area contributed by atoms with Crippen LogP contribution in [0.25, 0.3) is 6.08 Å². The Morgan fingerprint density at radius 2 is 1.93 bits per heavy atom. The highest BCUT2D eigenvalue weighted by Crippen LogP contribution is 2.30. The topological polar surface area (TPSA) is 117 Å². The molecular weight excluding hydrogens is 392 g/mol. The molecule has 0 unspecified atom stereocenters. The molecule has 9 heteroatoms. The summed E-state index contributed by atoms with van der Waals surface area (Å²) in [6.45, 7) is 2.30. The first-order chi connectivity index (χ1) is 14.4. The molecule has 0 atom stereocenters. The van der Waals surface area contributed by atoms with Gasteiger partial charge in [-0.2, -0.15) is 0 Å². The van der Waals surface area contributed by atoms with Crippen molar-refractivity contribution in [1.29, 1.82) is 0 Å². The third-order valence-corrected chi connectivity index (χ3v) is 4.22. The van der Waals surface area contributed by atoms with Crippen LogP contribution in [0.15, 0.2) is 42.5 Å². The number of aryl methyl sites for hydroxylation is 1. The van der Waals surface area contributed by atoms with Crippen LogP contribution in [0.5, 0.6) is 11.5 Å². The minimum Gasteiger partial charge on any atom is -0.490 e. The van der Waals surface area contributed by atoms with E-state index in [1.165, 1.54) is 24.3 Å². The van der Waals surface area contributed by atoms with Crippen molar-refractivity contribution in [2.45, 2.75) is 13.3 Å². The van der Waals surface area contributed by atoms with E-state index in [2.05, 4.69) is 5.32 Å². The van der Waals surface area contributed by atoms with Crippen LogP contribution in [0, 0.1) is 17.0 Å². The van der Waals surface area contributed by atoms with Crippen molar-refractivity contribution in [3.63, 3.8) is 0 Å². The Morgan fingerprint density at radius 3 is 2.67 bits per heavy atom. The highest BCUT2D eigenvalue weighted by Gasteiger charge is 2.12. The molecule has 0 fully saturated rings. The summed E-state index contributed by atoms with van der Waals surface area (Å²) in [6, 6.07) is 9.37. The lowest BCUT2D eigenvalue weighted by Gasteiger charge is -2.08. The molecule has 0 aromatic heterocycles. The van der Waals surface area contributed by atoms with Gasteiger partial charge in [-0.3, -0.25) is 14.9 Å². The first-order valence-corrected chi connectivity index (χ1v) is 9.22. The molecule has 30 heavy (non-hydrogen) atoms. The van der Waals surface area contributed by atoms with E-state index in [0.29, 0.717) is 36.0 Å². The number of hydrogen-bond acceptors (Lipinski definition) is 7. The number of nitrogens with zero attached hydrogens (tertiary/aromatic N) is 1. The van der Waals surface area contributed by atoms with Crippen molar-refractivity contribution in [2.24, 2.45) is 0 Å². The quantitative estimate of drug-likeness (QED) is 0.335. The van der Waals surface area contributed by atoms with Gasteiger partial charge in [-0.15, -0.1) is 0 Å². The van der Waals surface area contributed by atoms with Crippen LogP contribution in [0.3, 0.4) is 0 Å². The van der Waals surface area contributed by atoms with Gasteiger partial charge in [0.15, 0.2) is 18.1 Å². The standard InChI is InChI=1S/C21H20N2O7/c1-14-11-16(23(26)27)5-6-17(14)22-20(24)13-30-21(25)8-4-15-3-7-18-19(12-15)29-10-2-9-28-18/h3-8,11-12H,2,9-10,13H2,1H3,(H,22,24)/b8-4+. The molecule has 0 spiro atoms. The Balaban J connectivity index is 1.51. The molecule has 2 aromatic carbocycles. The SMILES string of the molecule is Cc1cc([N+](=O)[O-])ccc1NC(=O)COC(=O)/C=C/c1ccc2c(c1)OCCCO2. The maximum absolute atomic E-state index is 12.0. The number of benzene rings is 2. The van der Waals surface area contributed by atoms with E-state index in [4.69, 9.17) is 14.2 Å². The average molecular weight is 412 g/mol. The highest BCUT2D eigenvalue weighted by atomic mass is 16.6. The lowest BCUT2D eigenvalue weighted by Crippen LogP contribution is -2.20. The minimum absolute atomic E-state index is 0.0724. The Kier molecular flexibility index (Phi) is 6.63. The van der Waals surface area contributed by atoms with Gasteiger partial charge in [-0.25, -0.2) is 4.79 Å². The lowest BCUT2D eigenvalue weighted by atomic mass is 10.2. The van der Waals surface area contributed by atoms with Gasteiger partial charge in [0.05, 0.1) is 18.1 Å². The van der Waals surface area contributed by atoms with Crippen LogP contribution >= 0.6 is 0 Å². The number of non-ortho nitro benzene ring substituents is 1. The maximum Gasteiger partial charge on any atom is 0.331 e. The second kappa shape index (κ2) is 9.55. The van der Waals surface area contributed by atoms with Crippen molar-refractivity contribution < 1.29 is 28.7 Å². The number of carbonyl (C=O) groups excluding carboxylic acids is 2. The summed E-state index contributed by atoms with van der Waals surface area (Å²) in [5.74, 6) is 0.0354. The zero-order chi connectivity index (χ0) is 21.5. The van der Waals surface area contributed by atoms with Gasteiger partial charge < -0.3 is 19.5 Å². The molecule has 0 bridgehead atoms. The Morgan fingerprint density at radius 1 is 1.17 bits per heavy atom. The fraction of sp³-hybridized carbons (Fsp3) is 0.238. The number of esters is 1. The number of rotatable bonds is 6. The molecule has 1 aliphatic heterocycles. The minimum atomic E-state index is -0.683. The third-order valence-electron chi connectivity index (χ3n) is 4.22. The van der Waals surface area contributed by atoms with Gasteiger partial charge in [0.1, 0.15) is 0 Å². The highest BCUT2D eigenvalue weighted by molar-refractivity contribution is 5.95. The molecule has 1 N–H and O–H groups in total. The van der Waals surface area contributed by atoms with E-state index in [9.17, 15) is 19.7 Å². The Bertz CT molecular complexity index is 1000. The number of carbonyl (C=O) groups is 2. The molecular formula is C21H20N2O7. The third kappa shape index (κ3) is 5.57. The predicted molar refractivity (Wildman–Crippen MR) is 109 cm³/mol. The van der Waals surface area contributed by atoms with E-state index in [-0.39, 0.29) is 5.69 Å². The zero-order valence-corrected chi connectivity index (χ0v) is 16.3. The smallest absolute Gasteiger partial charge is 0.331 e. The first kappa shape index (κ1) is 20.8. The molecule has 156 valence electrons. The van der Waals surface area contributed by atoms with Crippen molar-refractivity contribution in [2.75, 3.05) is 25.1 Å². The molecule has 2 aromatic rings. The normalized spacial score (nSPS) is 12.8. The number of nitrogens with one attached hydrogen (secondary N) is 1. The van der Waals surface area contributed by atoms with Crippen molar-refractivity contribution in [3.8, 4) is 11.5 Å². The van der Waals surface area contributed by atoms with Gasteiger partial charge in [-0.05, 0) is 42.3 Å². The molecule has 0 saturated carbocycles. The van der Waals surface area contributed by atoms with Gasteiger partial charge >= 0.3 is 5.97 Å². The van der Waals surface area contributed by atoms with Crippen LogP contribution in [-0.4, -0.2) is 36.6 Å². The van der Waals surface area contributed by atoms with Crippen LogP contribution in [0.1, 0.15) is 17.5 Å². The van der Waals surface area contributed by atoms with Gasteiger partial charge in [0.25, 0.3) is 11.6 Å². The second-order valence-electron chi connectivity index (χ2n) is 6.50. The average Bonchev–Trinajstić information content (AvgIpc) is 2.97. The van der Waals surface area contributed by atoms with Crippen molar-refractivity contribution in [3.05, 3.63) is 63.7 Å². The molecule has 3 rings (SSSR count). The van der Waals surface area contributed by atoms with Crippen LogP contribution in [-0.2, 0) is 14.3 Å². The van der Waals surface area contributed by atoms with E-state index in [1.807, 2.05) is 0 Å². The summed E-state index contributed by atoms with van der Waals surface area (Å²) in [5, 5.41) is 13.3. The lowest BCUT2D eigenvalue weighted by molar-refractivity contribution is -0.384. The predicted octanol–water partition coefficient (Wildman–Crippen LogP) is 3.26. The number of hydrogen-bond donors (Lipinski definition) is 1. The van der Waals surface area contributed by atoms with E-state index < -0.39 is 23.4 Å². The summed E-state index contributed by atoms with van der Waals surface area (Å²) in [7, 11) is 0. The Labute approximate surface area is 172 Å². The number of nitro benzene ring substituents is 1. The Hall–Kier alpha value is -3.88. The number of amides is 1. The molecule has 0 saturated heterocycles. The van der Waals surface area contributed by atoms with Crippen molar-refractivity contribution >= 4 is 29.3 Å². The zero-order valence-electron chi connectivity index (χ0n) is 16.3. The van der Waals surface area contributed by atoms with Gasteiger partial charge in [0.2, 0.25) is 0 Å². The molecule has 0 aliphatic carbocycles. The van der Waals surface area contributed by atoms with Gasteiger partial charge in [-0.1, -0.05) is 6.07 Å². The number of fused-ring (bicyclic) bond motifs is 1. The fourth-order valence-corrected chi connectivity index (χ4v) is 2.72. The molecule has 1 amide bonds. The number of ether oxygens (including phenoxy) is 3. The number of nitro groups is 1. The van der Waals surface area contributed by atoms with Crippen LogP contribution in [0.2, 0.25) is 0 Å². The largest absolute Gasteiger partial charge is 0.490 e. The van der Waals surface area contributed by atoms with E-state index >= 15 is 0 Å². The summed E-state index contributed by atoms with van der Waals surface area (Å²) in [6.07, 6.45) is 3.56. The van der Waals surface area contributed by atoms with Gasteiger partial charge in [0, 0.05) is 30.3 Å². The molecule has 1 heterocycles. The monoisotopic (exact) mass is 412 g/mol. The second-order valence-corrected chi connectivity index (χ2v) is 6.50. The van der Waals surface area contributed by atoms with Crippen molar-refractivity contribution in [1.82, 2.24) is 0 Å². The summed E-state index contributed by atoms with van der Waals surface area (Å²) >= 11 is 0. The summed E-state index contributed by atoms with van der Waals surface area (Å²) in [5.41, 5.74) is 1.58. The number of anilines is 1.